The lowest BCUT2D eigenvalue weighted by Gasteiger charge is -2.18. The maximum absolute atomic E-state index is 12.7. The van der Waals surface area contributed by atoms with E-state index in [9.17, 15) is 8.42 Å². The molecule has 0 aliphatic rings. The second-order valence-corrected chi connectivity index (χ2v) is 6.95. The number of hydrogen-bond donors (Lipinski definition) is 2. The molecule has 1 unspecified atom stereocenters. The molecule has 0 aliphatic heterocycles. The fourth-order valence-corrected chi connectivity index (χ4v) is 4.18. The lowest BCUT2D eigenvalue weighted by Crippen LogP contribution is -2.29. The zero-order valence-electron chi connectivity index (χ0n) is 12.9. The summed E-state index contributed by atoms with van der Waals surface area (Å²) in [6.45, 7) is 9.22. The zero-order chi connectivity index (χ0) is 15.8. The van der Waals surface area contributed by atoms with Crippen LogP contribution in [0.15, 0.2) is 17.3 Å². The van der Waals surface area contributed by atoms with Gasteiger partial charge in [-0.2, -0.15) is 5.10 Å². The molecule has 0 amide bonds. The van der Waals surface area contributed by atoms with Gasteiger partial charge in [0.1, 0.15) is 12.2 Å². The Morgan fingerprint density at radius 1 is 1.14 bits per heavy atom. The lowest BCUT2D eigenvalue weighted by molar-refractivity contribution is 0.559. The van der Waals surface area contributed by atoms with Gasteiger partial charge < -0.3 is 0 Å². The number of benzene rings is 1. The van der Waals surface area contributed by atoms with Gasteiger partial charge in [0.25, 0.3) is 0 Å². The van der Waals surface area contributed by atoms with Crippen molar-refractivity contribution in [2.24, 2.45) is 0 Å². The average Bonchev–Trinajstić information content (AvgIpc) is 2.89. The maximum Gasteiger partial charge on any atom is 0.241 e. The molecule has 1 aromatic carbocycles. The van der Waals surface area contributed by atoms with E-state index >= 15 is 0 Å². The fraction of sp³-hybridized carbons (Fsp3) is 0.429. The first kappa shape index (κ1) is 15.7. The van der Waals surface area contributed by atoms with Crippen LogP contribution in [0, 0.1) is 27.7 Å². The van der Waals surface area contributed by atoms with Crippen LogP contribution in [0.3, 0.4) is 0 Å². The molecule has 0 aliphatic carbocycles. The first-order valence-corrected chi connectivity index (χ1v) is 8.17. The van der Waals surface area contributed by atoms with E-state index in [-0.39, 0.29) is 0 Å². The lowest BCUT2D eigenvalue weighted by atomic mass is 10.0. The highest BCUT2D eigenvalue weighted by atomic mass is 32.2. The van der Waals surface area contributed by atoms with Crippen molar-refractivity contribution in [3.63, 3.8) is 0 Å². The molecule has 114 valence electrons. The second kappa shape index (κ2) is 5.57. The van der Waals surface area contributed by atoms with E-state index in [4.69, 9.17) is 0 Å². The third kappa shape index (κ3) is 2.98. The summed E-state index contributed by atoms with van der Waals surface area (Å²) < 4.78 is 28.1. The van der Waals surface area contributed by atoms with Gasteiger partial charge in [-0.25, -0.2) is 18.1 Å². The van der Waals surface area contributed by atoms with Gasteiger partial charge in [0.05, 0.1) is 10.9 Å². The van der Waals surface area contributed by atoms with Crippen molar-refractivity contribution >= 4 is 10.0 Å². The standard InChI is InChI=1S/C14H20N4O2S/c1-8-6-9(2)11(4)13(10(8)3)21(19,20)18-12(5)14-15-7-16-17-14/h6-7,12,18H,1-5H3,(H,15,16,17). The zero-order valence-corrected chi connectivity index (χ0v) is 13.7. The van der Waals surface area contributed by atoms with Crippen LogP contribution in [0.5, 0.6) is 0 Å². The summed E-state index contributed by atoms with van der Waals surface area (Å²) in [7, 11) is -3.63. The van der Waals surface area contributed by atoms with Crippen molar-refractivity contribution in [1.82, 2.24) is 19.9 Å². The SMILES string of the molecule is Cc1cc(C)c(C)c(S(=O)(=O)NC(C)c2ncn[nH]2)c1C. The molecule has 6 nitrogen and oxygen atoms in total. The molecule has 0 saturated heterocycles. The average molecular weight is 308 g/mol. The van der Waals surface area contributed by atoms with Gasteiger partial charge in [0.2, 0.25) is 10.0 Å². The predicted molar refractivity (Wildman–Crippen MR) is 80.5 cm³/mol. The molecule has 0 saturated carbocycles. The van der Waals surface area contributed by atoms with E-state index in [1.807, 2.05) is 33.8 Å². The van der Waals surface area contributed by atoms with E-state index in [0.29, 0.717) is 10.7 Å². The summed E-state index contributed by atoms with van der Waals surface area (Å²) in [6.07, 6.45) is 1.35. The Morgan fingerprint density at radius 3 is 2.19 bits per heavy atom. The Bertz CT molecular complexity index is 726. The van der Waals surface area contributed by atoms with Gasteiger partial charge in [-0.05, 0) is 56.9 Å². The van der Waals surface area contributed by atoms with Crippen LogP contribution in [-0.4, -0.2) is 23.6 Å². The van der Waals surface area contributed by atoms with Crippen LogP contribution >= 0.6 is 0 Å². The molecule has 7 heteroatoms. The van der Waals surface area contributed by atoms with Crippen molar-refractivity contribution in [2.75, 3.05) is 0 Å². The van der Waals surface area contributed by atoms with Gasteiger partial charge >= 0.3 is 0 Å². The molecule has 0 fully saturated rings. The number of hydrogen-bond acceptors (Lipinski definition) is 4. The van der Waals surface area contributed by atoms with Gasteiger partial charge in [-0.15, -0.1) is 0 Å². The number of H-pyrrole nitrogens is 1. The van der Waals surface area contributed by atoms with E-state index in [0.717, 1.165) is 22.3 Å². The predicted octanol–water partition coefficient (Wildman–Crippen LogP) is 2.08. The quantitative estimate of drug-likeness (QED) is 0.905. The largest absolute Gasteiger partial charge is 0.262 e. The molecular formula is C14H20N4O2S. The minimum atomic E-state index is -3.63. The molecule has 2 rings (SSSR count). The number of aromatic amines is 1. The van der Waals surface area contributed by atoms with Crippen molar-refractivity contribution in [3.05, 3.63) is 40.5 Å². The normalized spacial score (nSPS) is 13.4. The molecular weight excluding hydrogens is 288 g/mol. The summed E-state index contributed by atoms with van der Waals surface area (Å²) in [4.78, 5) is 4.33. The van der Waals surface area contributed by atoms with Crippen molar-refractivity contribution in [3.8, 4) is 0 Å². The Hall–Kier alpha value is -1.73. The maximum atomic E-state index is 12.7. The molecule has 0 spiro atoms. The molecule has 0 radical (unpaired) electrons. The number of aryl methyl sites for hydroxylation is 2. The third-order valence-electron chi connectivity index (χ3n) is 3.74. The first-order chi connectivity index (χ1) is 9.74. The first-order valence-electron chi connectivity index (χ1n) is 6.69. The number of sulfonamides is 1. The molecule has 1 atom stereocenters. The van der Waals surface area contributed by atoms with E-state index in [1.54, 1.807) is 6.92 Å². The van der Waals surface area contributed by atoms with E-state index in [1.165, 1.54) is 6.33 Å². The Kier molecular flexibility index (Phi) is 4.15. The fourth-order valence-electron chi connectivity index (χ4n) is 2.35. The topological polar surface area (TPSA) is 87.7 Å². The summed E-state index contributed by atoms with van der Waals surface area (Å²) in [5.74, 6) is 0.484. The minimum Gasteiger partial charge on any atom is -0.262 e. The monoisotopic (exact) mass is 308 g/mol. The summed E-state index contributed by atoms with van der Waals surface area (Å²) in [5.41, 5.74) is 3.47. The molecule has 2 aromatic rings. The van der Waals surface area contributed by atoms with Crippen LogP contribution in [-0.2, 0) is 10.0 Å². The molecule has 0 bridgehead atoms. The minimum absolute atomic E-state index is 0.353. The number of aromatic nitrogens is 3. The van der Waals surface area contributed by atoms with E-state index < -0.39 is 16.1 Å². The van der Waals surface area contributed by atoms with Gasteiger partial charge in [-0.1, -0.05) is 6.07 Å². The van der Waals surface area contributed by atoms with Crippen molar-refractivity contribution in [2.45, 2.75) is 45.6 Å². The second-order valence-electron chi connectivity index (χ2n) is 5.30. The van der Waals surface area contributed by atoms with Crippen molar-refractivity contribution < 1.29 is 8.42 Å². The number of nitrogens with zero attached hydrogens (tertiary/aromatic N) is 2. The van der Waals surface area contributed by atoms with Gasteiger partial charge in [0.15, 0.2) is 0 Å². The smallest absolute Gasteiger partial charge is 0.241 e. The Morgan fingerprint density at radius 2 is 1.71 bits per heavy atom. The van der Waals surface area contributed by atoms with Crippen LogP contribution in [0.2, 0.25) is 0 Å². The van der Waals surface area contributed by atoms with Crippen LogP contribution < -0.4 is 4.72 Å². The molecule has 1 aromatic heterocycles. The van der Waals surface area contributed by atoms with Crippen LogP contribution in [0.4, 0.5) is 0 Å². The number of nitrogens with one attached hydrogen (secondary N) is 2. The van der Waals surface area contributed by atoms with Crippen LogP contribution in [0.1, 0.15) is 41.0 Å². The highest BCUT2D eigenvalue weighted by Gasteiger charge is 2.25. The Labute approximate surface area is 125 Å². The van der Waals surface area contributed by atoms with Crippen molar-refractivity contribution in [1.29, 1.82) is 0 Å². The third-order valence-corrected chi connectivity index (χ3v) is 5.56. The summed E-state index contributed by atoms with van der Waals surface area (Å²) in [6, 6.07) is 1.53. The van der Waals surface area contributed by atoms with Crippen LogP contribution in [0.25, 0.3) is 0 Å². The summed E-state index contributed by atoms with van der Waals surface area (Å²) >= 11 is 0. The molecule has 1 heterocycles. The Balaban J connectivity index is 2.46. The summed E-state index contributed by atoms with van der Waals surface area (Å²) in [5, 5.41) is 6.41. The van der Waals surface area contributed by atoms with E-state index in [2.05, 4.69) is 19.9 Å². The number of rotatable bonds is 4. The molecule has 21 heavy (non-hydrogen) atoms. The van der Waals surface area contributed by atoms with Gasteiger partial charge in [0, 0.05) is 0 Å². The highest BCUT2D eigenvalue weighted by Crippen LogP contribution is 2.27. The van der Waals surface area contributed by atoms with Gasteiger partial charge in [-0.3, -0.25) is 5.10 Å². The molecule has 2 N–H and O–H groups in total. The highest BCUT2D eigenvalue weighted by molar-refractivity contribution is 7.89.